The Morgan fingerprint density at radius 3 is 2.60 bits per heavy atom. The highest BCUT2D eigenvalue weighted by atomic mass is 16.2. The van der Waals surface area contributed by atoms with Crippen LogP contribution >= 0.6 is 0 Å². The molecular formula is C17H22N2O. The Kier molecular flexibility index (Phi) is 3.03. The van der Waals surface area contributed by atoms with Gasteiger partial charge in [-0.15, -0.1) is 0 Å². The summed E-state index contributed by atoms with van der Waals surface area (Å²) in [4.78, 5) is 15.0. The van der Waals surface area contributed by atoms with Crippen molar-refractivity contribution >= 4 is 5.91 Å². The van der Waals surface area contributed by atoms with Gasteiger partial charge in [0.1, 0.15) is 0 Å². The molecule has 1 N–H and O–H groups in total. The van der Waals surface area contributed by atoms with Gasteiger partial charge >= 0.3 is 0 Å². The van der Waals surface area contributed by atoms with E-state index in [1.54, 1.807) is 0 Å². The monoisotopic (exact) mass is 270 g/mol. The average molecular weight is 270 g/mol. The number of benzene rings is 1. The van der Waals surface area contributed by atoms with Gasteiger partial charge in [0.25, 0.3) is 0 Å². The van der Waals surface area contributed by atoms with Crippen LogP contribution in [0.15, 0.2) is 24.3 Å². The molecule has 4 rings (SSSR count). The van der Waals surface area contributed by atoms with Crippen LogP contribution in [0.1, 0.15) is 36.8 Å². The molecule has 20 heavy (non-hydrogen) atoms. The van der Waals surface area contributed by atoms with E-state index in [9.17, 15) is 4.79 Å². The average Bonchev–Trinajstić information content (AvgIpc) is 3.37. The number of hydrogen-bond acceptors (Lipinski definition) is 2. The first-order valence-electron chi connectivity index (χ1n) is 7.92. The molecule has 2 aliphatic carbocycles. The largest absolute Gasteiger partial charge is 0.338 e. The van der Waals surface area contributed by atoms with Crippen LogP contribution in [0.2, 0.25) is 0 Å². The number of nitrogens with one attached hydrogen (secondary N) is 1. The van der Waals surface area contributed by atoms with Gasteiger partial charge in [0.15, 0.2) is 0 Å². The fourth-order valence-corrected chi connectivity index (χ4v) is 3.21. The number of nitrogens with zero attached hydrogens (tertiary/aromatic N) is 1. The lowest BCUT2D eigenvalue weighted by atomic mass is 9.95. The van der Waals surface area contributed by atoms with Crippen molar-refractivity contribution in [2.45, 2.75) is 50.7 Å². The first kappa shape index (κ1) is 12.4. The van der Waals surface area contributed by atoms with Gasteiger partial charge in [-0.3, -0.25) is 4.79 Å². The van der Waals surface area contributed by atoms with Crippen LogP contribution < -0.4 is 5.32 Å². The molecule has 106 valence electrons. The van der Waals surface area contributed by atoms with Crippen LogP contribution in [0, 0.1) is 5.92 Å². The third-order valence-corrected chi connectivity index (χ3v) is 4.80. The highest BCUT2D eigenvalue weighted by molar-refractivity contribution is 5.83. The molecule has 2 fully saturated rings. The summed E-state index contributed by atoms with van der Waals surface area (Å²) in [6, 6.07) is 9.01. The smallest absolute Gasteiger partial charge is 0.240 e. The Bertz CT molecular complexity index is 519. The standard InChI is InChI=1S/C17H22N2O/c20-17(19(15-7-8-15)11-12-5-6-12)16-9-13-3-1-2-4-14(13)10-18-16/h1-4,12,15-16,18H,5-11H2/t16-/m0/s1. The van der Waals surface area contributed by atoms with Crippen LogP contribution in [0.3, 0.4) is 0 Å². The minimum Gasteiger partial charge on any atom is -0.338 e. The molecule has 1 aromatic rings. The summed E-state index contributed by atoms with van der Waals surface area (Å²) in [5.41, 5.74) is 2.68. The van der Waals surface area contributed by atoms with E-state index < -0.39 is 0 Å². The summed E-state index contributed by atoms with van der Waals surface area (Å²) >= 11 is 0. The fraction of sp³-hybridized carbons (Fsp3) is 0.588. The number of fused-ring (bicyclic) bond motifs is 1. The van der Waals surface area contributed by atoms with E-state index in [0.29, 0.717) is 11.9 Å². The predicted octanol–water partition coefficient (Wildman–Crippen LogP) is 2.10. The normalized spacial score (nSPS) is 25.1. The molecular weight excluding hydrogens is 248 g/mol. The second-order valence-electron chi connectivity index (χ2n) is 6.57. The van der Waals surface area contributed by atoms with Crippen molar-refractivity contribution in [2.24, 2.45) is 5.92 Å². The van der Waals surface area contributed by atoms with Gasteiger partial charge < -0.3 is 10.2 Å². The first-order valence-corrected chi connectivity index (χ1v) is 7.92. The second kappa shape index (κ2) is 4.88. The van der Waals surface area contributed by atoms with Gasteiger partial charge in [-0.2, -0.15) is 0 Å². The van der Waals surface area contributed by atoms with Crippen LogP contribution in [-0.2, 0) is 17.8 Å². The molecule has 1 aliphatic heterocycles. The van der Waals surface area contributed by atoms with E-state index in [1.165, 1.54) is 36.8 Å². The summed E-state index contributed by atoms with van der Waals surface area (Å²) in [7, 11) is 0. The summed E-state index contributed by atoms with van der Waals surface area (Å²) in [5.74, 6) is 1.13. The van der Waals surface area contributed by atoms with Crippen molar-refractivity contribution in [1.82, 2.24) is 10.2 Å². The third-order valence-electron chi connectivity index (χ3n) is 4.80. The van der Waals surface area contributed by atoms with Crippen LogP contribution in [-0.4, -0.2) is 29.4 Å². The van der Waals surface area contributed by atoms with Crippen molar-refractivity contribution in [3.05, 3.63) is 35.4 Å². The zero-order valence-corrected chi connectivity index (χ0v) is 11.8. The molecule has 2 saturated carbocycles. The Balaban J connectivity index is 1.48. The Hall–Kier alpha value is -1.35. The Morgan fingerprint density at radius 2 is 1.90 bits per heavy atom. The molecule has 0 aromatic heterocycles. The molecule has 1 aromatic carbocycles. The SMILES string of the molecule is O=C([C@@H]1Cc2ccccc2CN1)N(CC1CC1)C1CC1. The topological polar surface area (TPSA) is 32.3 Å². The maximum absolute atomic E-state index is 12.8. The van der Waals surface area contributed by atoms with Crippen LogP contribution in [0.4, 0.5) is 0 Å². The Morgan fingerprint density at radius 1 is 1.15 bits per heavy atom. The van der Waals surface area contributed by atoms with Crippen LogP contribution in [0.5, 0.6) is 0 Å². The van der Waals surface area contributed by atoms with Gasteiger partial charge in [-0.05, 0) is 49.1 Å². The molecule has 1 heterocycles. The van der Waals surface area contributed by atoms with Gasteiger partial charge in [0.05, 0.1) is 6.04 Å². The highest BCUT2D eigenvalue weighted by Gasteiger charge is 2.39. The third kappa shape index (κ3) is 2.47. The quantitative estimate of drug-likeness (QED) is 0.908. The summed E-state index contributed by atoms with van der Waals surface area (Å²) in [6.07, 6.45) is 5.90. The zero-order chi connectivity index (χ0) is 13.5. The van der Waals surface area contributed by atoms with Crippen LogP contribution in [0.25, 0.3) is 0 Å². The molecule has 0 radical (unpaired) electrons. The number of carbonyl (C=O) groups excluding carboxylic acids is 1. The van der Waals surface area contributed by atoms with Crippen molar-refractivity contribution in [3.8, 4) is 0 Å². The van der Waals surface area contributed by atoms with E-state index in [2.05, 4.69) is 34.5 Å². The summed E-state index contributed by atoms with van der Waals surface area (Å²) < 4.78 is 0. The zero-order valence-electron chi connectivity index (χ0n) is 11.8. The van der Waals surface area contributed by atoms with E-state index >= 15 is 0 Å². The predicted molar refractivity (Wildman–Crippen MR) is 78.2 cm³/mol. The van der Waals surface area contributed by atoms with E-state index in [4.69, 9.17) is 0 Å². The molecule has 1 amide bonds. The van der Waals surface area contributed by atoms with Gasteiger partial charge in [-0.25, -0.2) is 0 Å². The van der Waals surface area contributed by atoms with E-state index in [-0.39, 0.29) is 6.04 Å². The molecule has 3 heteroatoms. The molecule has 0 spiro atoms. The van der Waals surface area contributed by atoms with Gasteiger partial charge in [0, 0.05) is 19.1 Å². The minimum absolute atomic E-state index is 0.00995. The lowest BCUT2D eigenvalue weighted by Crippen LogP contribution is -2.50. The molecule has 0 bridgehead atoms. The number of rotatable bonds is 4. The van der Waals surface area contributed by atoms with Crippen molar-refractivity contribution in [1.29, 1.82) is 0 Å². The maximum atomic E-state index is 12.8. The van der Waals surface area contributed by atoms with Crippen molar-refractivity contribution < 1.29 is 4.79 Å². The lowest BCUT2D eigenvalue weighted by molar-refractivity contribution is -0.134. The van der Waals surface area contributed by atoms with Gasteiger partial charge in [-0.1, -0.05) is 24.3 Å². The Labute approximate surface area is 120 Å². The van der Waals surface area contributed by atoms with E-state index in [1.807, 2.05) is 0 Å². The maximum Gasteiger partial charge on any atom is 0.240 e. The molecule has 3 nitrogen and oxygen atoms in total. The molecule has 1 atom stereocenters. The number of amides is 1. The second-order valence-corrected chi connectivity index (χ2v) is 6.57. The number of hydrogen-bond donors (Lipinski definition) is 1. The molecule has 0 unspecified atom stereocenters. The van der Waals surface area contributed by atoms with Crippen molar-refractivity contribution in [2.75, 3.05) is 6.54 Å². The molecule has 3 aliphatic rings. The lowest BCUT2D eigenvalue weighted by Gasteiger charge is -2.31. The van der Waals surface area contributed by atoms with E-state index in [0.717, 1.165) is 25.4 Å². The summed E-state index contributed by atoms with van der Waals surface area (Å²) in [6.45, 7) is 1.83. The first-order chi connectivity index (χ1) is 9.81. The van der Waals surface area contributed by atoms with Crippen molar-refractivity contribution in [3.63, 3.8) is 0 Å². The minimum atomic E-state index is -0.00995. The fourth-order valence-electron chi connectivity index (χ4n) is 3.21. The molecule has 0 saturated heterocycles. The van der Waals surface area contributed by atoms with Gasteiger partial charge in [0.2, 0.25) is 5.91 Å². The highest BCUT2D eigenvalue weighted by Crippen LogP contribution is 2.35. The summed E-state index contributed by atoms with van der Waals surface area (Å²) in [5, 5.41) is 3.44. The number of carbonyl (C=O) groups is 1.